The second-order valence-electron chi connectivity index (χ2n) is 4.57. The molecule has 4 heteroatoms. The number of furan rings is 1. The molecule has 0 saturated heterocycles. The number of carboxylic acids is 1. The summed E-state index contributed by atoms with van der Waals surface area (Å²) in [7, 11) is 0. The zero-order valence-electron chi connectivity index (χ0n) is 10.3. The van der Waals surface area contributed by atoms with E-state index in [4.69, 9.17) is 4.42 Å². The lowest BCUT2D eigenvalue weighted by atomic mass is 10.1. The molecule has 4 rings (SSSR count). The number of pyridine rings is 1. The number of para-hydroxylation sites is 2. The minimum atomic E-state index is -1.26. The lowest BCUT2D eigenvalue weighted by Gasteiger charge is -2.07. The van der Waals surface area contributed by atoms with Crippen molar-refractivity contribution in [3.63, 3.8) is 0 Å². The molecule has 0 bridgehead atoms. The van der Waals surface area contributed by atoms with Crippen molar-refractivity contribution in [2.45, 2.75) is 0 Å². The maximum Gasteiger partial charge on any atom is 0.163 e. The van der Waals surface area contributed by atoms with Crippen molar-refractivity contribution < 1.29 is 14.3 Å². The van der Waals surface area contributed by atoms with E-state index in [0.717, 1.165) is 5.39 Å². The van der Waals surface area contributed by atoms with Crippen LogP contribution >= 0.6 is 0 Å². The maximum atomic E-state index is 11.5. The van der Waals surface area contributed by atoms with Gasteiger partial charge in [-0.2, -0.15) is 0 Å². The van der Waals surface area contributed by atoms with E-state index in [1.54, 1.807) is 24.3 Å². The molecule has 0 aliphatic heterocycles. The van der Waals surface area contributed by atoms with Crippen molar-refractivity contribution in [1.29, 1.82) is 0 Å². The Labute approximate surface area is 113 Å². The summed E-state index contributed by atoms with van der Waals surface area (Å²) in [4.78, 5) is 16.0. The quantitative estimate of drug-likeness (QED) is 0.528. The molecule has 0 radical (unpaired) electrons. The van der Waals surface area contributed by atoms with Crippen LogP contribution in [0.2, 0.25) is 0 Å². The fourth-order valence-electron chi connectivity index (χ4n) is 2.54. The molecular weight excluding hydrogens is 254 g/mol. The SMILES string of the molecule is O=C([O-])c1c2ccccc2nc2c1oc1ccccc12. The molecule has 20 heavy (non-hydrogen) atoms. The van der Waals surface area contributed by atoms with E-state index in [9.17, 15) is 9.90 Å². The van der Waals surface area contributed by atoms with Gasteiger partial charge in [-0.15, -0.1) is 0 Å². The van der Waals surface area contributed by atoms with E-state index in [1.807, 2.05) is 24.3 Å². The third-order valence-electron chi connectivity index (χ3n) is 3.41. The van der Waals surface area contributed by atoms with Crippen LogP contribution in [-0.2, 0) is 0 Å². The van der Waals surface area contributed by atoms with Gasteiger partial charge in [0.1, 0.15) is 11.1 Å². The van der Waals surface area contributed by atoms with Crippen LogP contribution in [0.25, 0.3) is 33.0 Å². The van der Waals surface area contributed by atoms with Crippen molar-refractivity contribution in [3.8, 4) is 0 Å². The molecule has 96 valence electrons. The fourth-order valence-corrected chi connectivity index (χ4v) is 2.54. The summed E-state index contributed by atoms with van der Waals surface area (Å²) in [6.07, 6.45) is 0. The monoisotopic (exact) mass is 262 g/mol. The van der Waals surface area contributed by atoms with Gasteiger partial charge in [0.25, 0.3) is 0 Å². The van der Waals surface area contributed by atoms with Gasteiger partial charge in [-0.1, -0.05) is 30.3 Å². The number of hydrogen-bond acceptors (Lipinski definition) is 4. The third-order valence-corrected chi connectivity index (χ3v) is 3.41. The lowest BCUT2D eigenvalue weighted by molar-refractivity contribution is -0.254. The number of rotatable bonds is 1. The lowest BCUT2D eigenvalue weighted by Crippen LogP contribution is -2.23. The number of hydrogen-bond donors (Lipinski definition) is 0. The molecule has 0 saturated carbocycles. The Balaban J connectivity index is 2.34. The van der Waals surface area contributed by atoms with Gasteiger partial charge in [0.2, 0.25) is 0 Å². The molecule has 0 fully saturated rings. The van der Waals surface area contributed by atoms with Crippen LogP contribution in [0.3, 0.4) is 0 Å². The Bertz CT molecular complexity index is 985. The Morgan fingerprint density at radius 1 is 1.00 bits per heavy atom. The average Bonchev–Trinajstić information content (AvgIpc) is 2.82. The van der Waals surface area contributed by atoms with Gasteiger partial charge in [0.05, 0.1) is 17.0 Å². The van der Waals surface area contributed by atoms with E-state index in [-0.39, 0.29) is 11.1 Å². The molecule has 2 heterocycles. The van der Waals surface area contributed by atoms with Crippen LogP contribution in [-0.4, -0.2) is 11.0 Å². The number of benzene rings is 2. The third kappa shape index (κ3) is 1.36. The summed E-state index contributed by atoms with van der Waals surface area (Å²) in [5.74, 6) is -1.26. The fraction of sp³-hybridized carbons (Fsp3) is 0. The summed E-state index contributed by atoms with van der Waals surface area (Å²) in [5.41, 5.74) is 2.11. The normalized spacial score (nSPS) is 11.4. The highest BCUT2D eigenvalue weighted by Crippen LogP contribution is 2.32. The van der Waals surface area contributed by atoms with E-state index in [0.29, 0.717) is 22.0 Å². The molecule has 4 nitrogen and oxygen atoms in total. The Hall–Kier alpha value is -2.88. The molecule has 0 N–H and O–H groups in total. The van der Waals surface area contributed by atoms with Crippen LogP contribution in [0.1, 0.15) is 10.4 Å². The first-order valence-electron chi connectivity index (χ1n) is 6.17. The van der Waals surface area contributed by atoms with Gasteiger partial charge >= 0.3 is 0 Å². The van der Waals surface area contributed by atoms with Gasteiger partial charge in [0, 0.05) is 10.8 Å². The van der Waals surface area contributed by atoms with Gasteiger partial charge < -0.3 is 14.3 Å². The van der Waals surface area contributed by atoms with E-state index in [2.05, 4.69) is 4.98 Å². The summed E-state index contributed by atoms with van der Waals surface area (Å²) < 4.78 is 5.67. The highest BCUT2D eigenvalue weighted by molar-refractivity contribution is 6.16. The second kappa shape index (κ2) is 3.81. The molecular formula is C16H8NO3-. The van der Waals surface area contributed by atoms with Crippen molar-refractivity contribution in [3.05, 3.63) is 54.1 Å². The van der Waals surface area contributed by atoms with Crippen molar-refractivity contribution in [2.24, 2.45) is 0 Å². The van der Waals surface area contributed by atoms with Crippen LogP contribution in [0, 0.1) is 0 Å². The molecule has 0 spiro atoms. The Morgan fingerprint density at radius 3 is 2.50 bits per heavy atom. The van der Waals surface area contributed by atoms with Gasteiger partial charge in [-0.05, 0) is 18.2 Å². The van der Waals surface area contributed by atoms with Crippen molar-refractivity contribution >= 4 is 38.9 Å². The van der Waals surface area contributed by atoms with Crippen LogP contribution in [0.15, 0.2) is 52.9 Å². The highest BCUT2D eigenvalue weighted by Gasteiger charge is 2.16. The van der Waals surface area contributed by atoms with E-state index in [1.165, 1.54) is 0 Å². The summed E-state index contributed by atoms with van der Waals surface area (Å²) in [6.45, 7) is 0. The number of fused-ring (bicyclic) bond motifs is 4. The van der Waals surface area contributed by atoms with E-state index < -0.39 is 5.97 Å². The number of carbonyl (C=O) groups is 1. The molecule has 4 aromatic rings. The Morgan fingerprint density at radius 2 is 1.70 bits per heavy atom. The molecule has 0 atom stereocenters. The van der Waals surface area contributed by atoms with Crippen molar-refractivity contribution in [2.75, 3.05) is 0 Å². The summed E-state index contributed by atoms with van der Waals surface area (Å²) in [5, 5.41) is 12.8. The van der Waals surface area contributed by atoms with Crippen LogP contribution < -0.4 is 5.11 Å². The highest BCUT2D eigenvalue weighted by atomic mass is 16.4. The number of carboxylic acid groups (broad SMARTS) is 1. The second-order valence-corrected chi connectivity index (χ2v) is 4.57. The standard InChI is InChI=1S/C16H9NO3/c18-16(19)13-9-5-1-3-7-11(9)17-14-10-6-2-4-8-12(10)20-15(13)14/h1-8H,(H,18,19)/p-1. The largest absolute Gasteiger partial charge is 0.545 e. The van der Waals surface area contributed by atoms with Gasteiger partial charge in [-0.25, -0.2) is 4.98 Å². The zero-order chi connectivity index (χ0) is 13.7. The van der Waals surface area contributed by atoms with Gasteiger partial charge in [0.15, 0.2) is 5.58 Å². The van der Waals surface area contributed by atoms with Crippen LogP contribution in [0.5, 0.6) is 0 Å². The van der Waals surface area contributed by atoms with Crippen LogP contribution in [0.4, 0.5) is 0 Å². The maximum absolute atomic E-state index is 11.5. The number of aromatic nitrogens is 1. The van der Waals surface area contributed by atoms with Gasteiger partial charge in [-0.3, -0.25) is 0 Å². The number of carbonyl (C=O) groups excluding carboxylic acids is 1. The molecule has 0 unspecified atom stereocenters. The topological polar surface area (TPSA) is 66.2 Å². The summed E-state index contributed by atoms with van der Waals surface area (Å²) in [6, 6.07) is 14.4. The first-order valence-corrected chi connectivity index (χ1v) is 6.17. The first-order chi connectivity index (χ1) is 9.75. The minimum Gasteiger partial charge on any atom is -0.545 e. The van der Waals surface area contributed by atoms with E-state index >= 15 is 0 Å². The molecule has 0 aliphatic rings. The minimum absolute atomic E-state index is 0.0572. The first kappa shape index (κ1) is 11.0. The molecule has 2 aromatic carbocycles. The predicted molar refractivity (Wildman–Crippen MR) is 73.4 cm³/mol. The number of aromatic carboxylic acids is 1. The average molecular weight is 262 g/mol. The Kier molecular flexibility index (Phi) is 2.09. The predicted octanol–water partition coefficient (Wildman–Crippen LogP) is 2.50. The number of nitrogens with zero attached hydrogens (tertiary/aromatic N) is 1. The van der Waals surface area contributed by atoms with Crippen molar-refractivity contribution in [1.82, 2.24) is 4.98 Å². The summed E-state index contributed by atoms with van der Waals surface area (Å²) >= 11 is 0. The molecule has 0 amide bonds. The molecule has 2 aromatic heterocycles. The molecule has 0 aliphatic carbocycles. The zero-order valence-corrected chi connectivity index (χ0v) is 10.3. The smallest absolute Gasteiger partial charge is 0.163 e.